The van der Waals surface area contributed by atoms with Crippen LogP contribution in [0.5, 0.6) is 0 Å². The molecule has 0 fully saturated rings. The van der Waals surface area contributed by atoms with E-state index in [1.807, 2.05) is 0 Å². The van der Waals surface area contributed by atoms with Gasteiger partial charge in [0.1, 0.15) is 0 Å². The van der Waals surface area contributed by atoms with Crippen LogP contribution in [0.1, 0.15) is 0 Å². The molecule has 0 saturated heterocycles. The Balaban J connectivity index is 1.05. The van der Waals surface area contributed by atoms with Crippen LogP contribution < -0.4 is 4.90 Å². The van der Waals surface area contributed by atoms with Crippen molar-refractivity contribution in [2.24, 2.45) is 0 Å². The first kappa shape index (κ1) is 32.4. The van der Waals surface area contributed by atoms with E-state index in [-0.39, 0.29) is 0 Å². The zero-order chi connectivity index (χ0) is 36.6. The SMILES string of the molecule is c1ccc(-c2ccc(-c3ccc(N(c4ccc(-c5cccc6ccc7c8ccccc8ccc7c56)cc4)c4cccc(-c5ccccc5)c4)cc3)cc2)cc1. The van der Waals surface area contributed by atoms with E-state index in [4.69, 9.17) is 0 Å². The summed E-state index contributed by atoms with van der Waals surface area (Å²) < 4.78 is 0. The summed E-state index contributed by atoms with van der Waals surface area (Å²) in [5.41, 5.74) is 13.0. The van der Waals surface area contributed by atoms with Gasteiger partial charge in [-0.1, -0.05) is 188 Å². The minimum atomic E-state index is 1.10. The maximum Gasteiger partial charge on any atom is 0.0467 e. The Hall–Kier alpha value is -7.22. The fourth-order valence-corrected chi connectivity index (χ4v) is 8.10. The standard InChI is InChI=1S/C54H37N/c1-3-11-38(12-4-1)40-21-23-41(24-22-40)42-25-31-47(32-26-42)55(49-18-9-17-46(37-49)39-13-5-2-6-14-39)48-33-27-44(28-34-48)51-20-10-16-45-30-35-52-50-19-8-7-15-43(50)29-36-53(52)54(45)51/h1-37H. The molecule has 0 aliphatic carbocycles. The van der Waals surface area contributed by atoms with Crippen molar-refractivity contribution in [2.45, 2.75) is 0 Å². The third kappa shape index (κ3) is 6.12. The zero-order valence-corrected chi connectivity index (χ0v) is 30.3. The highest BCUT2D eigenvalue weighted by Crippen LogP contribution is 2.41. The molecule has 0 amide bonds. The lowest BCUT2D eigenvalue weighted by Gasteiger charge is -2.26. The normalized spacial score (nSPS) is 11.3. The number of fused-ring (bicyclic) bond motifs is 5. The summed E-state index contributed by atoms with van der Waals surface area (Å²) in [7, 11) is 0. The molecule has 55 heavy (non-hydrogen) atoms. The van der Waals surface area contributed by atoms with E-state index in [9.17, 15) is 0 Å². The van der Waals surface area contributed by atoms with Crippen molar-refractivity contribution < 1.29 is 0 Å². The van der Waals surface area contributed by atoms with Crippen LogP contribution in [0, 0.1) is 0 Å². The number of anilines is 3. The lowest BCUT2D eigenvalue weighted by Crippen LogP contribution is -2.10. The van der Waals surface area contributed by atoms with Gasteiger partial charge in [0.2, 0.25) is 0 Å². The molecule has 10 aromatic carbocycles. The first-order valence-electron chi connectivity index (χ1n) is 18.9. The fourth-order valence-electron chi connectivity index (χ4n) is 8.10. The predicted octanol–water partition coefficient (Wildman–Crippen LogP) is 15.3. The zero-order valence-electron chi connectivity index (χ0n) is 30.3. The molecular formula is C54H37N. The highest BCUT2D eigenvalue weighted by Gasteiger charge is 2.16. The Morgan fingerprint density at radius 1 is 0.236 bits per heavy atom. The molecule has 0 atom stereocenters. The average Bonchev–Trinajstić information content (AvgIpc) is 3.27. The summed E-state index contributed by atoms with van der Waals surface area (Å²) >= 11 is 0. The van der Waals surface area contributed by atoms with Crippen LogP contribution >= 0.6 is 0 Å². The molecule has 0 radical (unpaired) electrons. The summed E-state index contributed by atoms with van der Waals surface area (Å²) in [6.07, 6.45) is 0. The van der Waals surface area contributed by atoms with Gasteiger partial charge in [-0.3, -0.25) is 0 Å². The molecule has 0 unspecified atom stereocenters. The van der Waals surface area contributed by atoms with Crippen LogP contribution in [0.2, 0.25) is 0 Å². The third-order valence-corrected chi connectivity index (χ3v) is 10.9. The van der Waals surface area contributed by atoms with Gasteiger partial charge in [-0.05, 0) is 113 Å². The van der Waals surface area contributed by atoms with E-state index in [1.165, 1.54) is 76.8 Å². The molecule has 0 aromatic heterocycles. The summed E-state index contributed by atoms with van der Waals surface area (Å²) in [4.78, 5) is 2.36. The minimum Gasteiger partial charge on any atom is -0.310 e. The van der Waals surface area contributed by atoms with E-state index in [1.54, 1.807) is 0 Å². The Bertz CT molecular complexity index is 2930. The highest BCUT2D eigenvalue weighted by atomic mass is 15.1. The summed E-state index contributed by atoms with van der Waals surface area (Å²) in [5.74, 6) is 0. The van der Waals surface area contributed by atoms with Gasteiger partial charge in [-0.25, -0.2) is 0 Å². The van der Waals surface area contributed by atoms with Crippen molar-refractivity contribution in [3.8, 4) is 44.5 Å². The van der Waals surface area contributed by atoms with Crippen molar-refractivity contribution in [1.82, 2.24) is 0 Å². The minimum absolute atomic E-state index is 1.10. The number of benzene rings is 10. The maximum atomic E-state index is 2.36. The summed E-state index contributed by atoms with van der Waals surface area (Å²) in [5, 5.41) is 7.66. The first-order chi connectivity index (χ1) is 27.3. The van der Waals surface area contributed by atoms with Crippen molar-refractivity contribution in [2.75, 3.05) is 4.90 Å². The van der Waals surface area contributed by atoms with E-state index in [0.29, 0.717) is 0 Å². The smallest absolute Gasteiger partial charge is 0.0467 e. The quantitative estimate of drug-likeness (QED) is 0.150. The van der Waals surface area contributed by atoms with Gasteiger partial charge in [-0.2, -0.15) is 0 Å². The number of hydrogen-bond acceptors (Lipinski definition) is 1. The van der Waals surface area contributed by atoms with Crippen LogP contribution in [0.4, 0.5) is 17.1 Å². The lowest BCUT2D eigenvalue weighted by atomic mass is 9.91. The van der Waals surface area contributed by atoms with E-state index in [2.05, 4.69) is 229 Å². The van der Waals surface area contributed by atoms with Gasteiger partial charge in [-0.15, -0.1) is 0 Å². The second-order valence-electron chi connectivity index (χ2n) is 14.1. The Morgan fingerprint density at radius 2 is 0.709 bits per heavy atom. The van der Waals surface area contributed by atoms with Crippen molar-refractivity contribution in [3.63, 3.8) is 0 Å². The van der Waals surface area contributed by atoms with Gasteiger partial charge < -0.3 is 4.90 Å². The Morgan fingerprint density at radius 3 is 1.38 bits per heavy atom. The molecule has 0 saturated carbocycles. The first-order valence-corrected chi connectivity index (χ1v) is 18.9. The molecule has 0 heterocycles. The van der Waals surface area contributed by atoms with Crippen molar-refractivity contribution >= 4 is 49.4 Å². The van der Waals surface area contributed by atoms with Crippen LogP contribution in [-0.2, 0) is 0 Å². The van der Waals surface area contributed by atoms with Gasteiger partial charge in [0, 0.05) is 17.1 Å². The largest absolute Gasteiger partial charge is 0.310 e. The van der Waals surface area contributed by atoms with Crippen LogP contribution in [0.25, 0.3) is 76.8 Å². The van der Waals surface area contributed by atoms with Crippen LogP contribution in [-0.4, -0.2) is 0 Å². The Kier molecular flexibility index (Phi) is 8.24. The van der Waals surface area contributed by atoms with E-state index < -0.39 is 0 Å². The molecular weight excluding hydrogens is 663 g/mol. The van der Waals surface area contributed by atoms with Gasteiger partial charge >= 0.3 is 0 Å². The average molecular weight is 700 g/mol. The number of rotatable bonds is 7. The molecule has 10 aromatic rings. The molecule has 1 heteroatoms. The predicted molar refractivity (Wildman–Crippen MR) is 235 cm³/mol. The molecule has 1 nitrogen and oxygen atoms in total. The molecule has 0 aliphatic rings. The molecule has 0 N–H and O–H groups in total. The van der Waals surface area contributed by atoms with E-state index >= 15 is 0 Å². The van der Waals surface area contributed by atoms with Crippen molar-refractivity contribution in [3.05, 3.63) is 224 Å². The Labute approximate surface area is 322 Å². The lowest BCUT2D eigenvalue weighted by molar-refractivity contribution is 1.28. The fraction of sp³-hybridized carbons (Fsp3) is 0. The second kappa shape index (κ2) is 14.0. The third-order valence-electron chi connectivity index (χ3n) is 10.9. The highest BCUT2D eigenvalue weighted by molar-refractivity contribution is 6.20. The monoisotopic (exact) mass is 699 g/mol. The van der Waals surface area contributed by atoms with Crippen molar-refractivity contribution in [1.29, 1.82) is 0 Å². The number of nitrogens with zero attached hydrogens (tertiary/aromatic N) is 1. The molecule has 10 rings (SSSR count). The molecule has 258 valence electrons. The topological polar surface area (TPSA) is 3.24 Å². The maximum absolute atomic E-state index is 2.36. The summed E-state index contributed by atoms with van der Waals surface area (Å²) in [6, 6.07) is 81.3. The summed E-state index contributed by atoms with van der Waals surface area (Å²) in [6.45, 7) is 0. The second-order valence-corrected chi connectivity index (χ2v) is 14.1. The van der Waals surface area contributed by atoms with E-state index in [0.717, 1.165) is 17.1 Å². The molecule has 0 aliphatic heterocycles. The van der Waals surface area contributed by atoms with Gasteiger partial charge in [0.05, 0.1) is 0 Å². The van der Waals surface area contributed by atoms with Crippen LogP contribution in [0.15, 0.2) is 224 Å². The van der Waals surface area contributed by atoms with Gasteiger partial charge in [0.15, 0.2) is 0 Å². The van der Waals surface area contributed by atoms with Gasteiger partial charge in [0.25, 0.3) is 0 Å². The van der Waals surface area contributed by atoms with Crippen LogP contribution in [0.3, 0.4) is 0 Å². The molecule has 0 bridgehead atoms. The molecule has 0 spiro atoms. The number of hydrogen-bond donors (Lipinski definition) is 0.